The predicted octanol–water partition coefficient (Wildman–Crippen LogP) is 3.49. The van der Waals surface area contributed by atoms with Crippen molar-refractivity contribution in [2.24, 2.45) is 12.0 Å². The molecular formula is C16H27N3OS. The van der Waals surface area contributed by atoms with E-state index < -0.39 is 0 Å². The van der Waals surface area contributed by atoms with E-state index in [9.17, 15) is 0 Å². The summed E-state index contributed by atoms with van der Waals surface area (Å²) in [6.07, 6.45) is 0. The van der Waals surface area contributed by atoms with Gasteiger partial charge < -0.3 is 15.4 Å². The van der Waals surface area contributed by atoms with Gasteiger partial charge in [0, 0.05) is 18.1 Å². The van der Waals surface area contributed by atoms with Gasteiger partial charge in [0.25, 0.3) is 0 Å². The normalized spacial score (nSPS) is 12.1. The number of aliphatic hydroxyl groups is 1. The molecule has 0 saturated carbocycles. The summed E-state index contributed by atoms with van der Waals surface area (Å²) in [6.45, 7) is 6.05. The predicted molar refractivity (Wildman–Crippen MR) is 92.1 cm³/mol. The molecule has 0 amide bonds. The lowest BCUT2D eigenvalue weighted by Crippen LogP contribution is -2.14. The van der Waals surface area contributed by atoms with Crippen LogP contribution in [-0.4, -0.2) is 9.67 Å². The Labute approximate surface area is 131 Å². The summed E-state index contributed by atoms with van der Waals surface area (Å²) in [5.41, 5.74) is 8.59. The highest BCUT2D eigenvalue weighted by Crippen LogP contribution is 2.22. The van der Waals surface area contributed by atoms with Crippen LogP contribution in [0.2, 0.25) is 0 Å². The van der Waals surface area contributed by atoms with Crippen molar-refractivity contribution < 1.29 is 5.11 Å². The molecule has 0 bridgehead atoms. The minimum absolute atomic E-state index is 0. The quantitative estimate of drug-likeness (QED) is 0.853. The molecule has 118 valence electrons. The zero-order chi connectivity index (χ0) is 15.1. The van der Waals surface area contributed by atoms with Crippen LogP contribution in [0.4, 0.5) is 5.69 Å². The molecule has 0 saturated heterocycles. The van der Waals surface area contributed by atoms with E-state index in [2.05, 4.69) is 4.99 Å². The number of aromatic nitrogens is 1. The van der Waals surface area contributed by atoms with Crippen LogP contribution in [0.25, 0.3) is 0 Å². The molecule has 1 atom stereocenters. The lowest BCUT2D eigenvalue weighted by Gasteiger charge is -2.09. The fourth-order valence-corrected chi connectivity index (χ4v) is 2.76. The second-order valence-corrected chi connectivity index (χ2v) is 5.00. The summed E-state index contributed by atoms with van der Waals surface area (Å²) < 4.78 is 1.90. The fourth-order valence-electron chi connectivity index (χ4n) is 1.79. The van der Waals surface area contributed by atoms with Crippen molar-refractivity contribution in [2.75, 3.05) is 5.73 Å². The first-order valence-corrected chi connectivity index (χ1v) is 7.64. The molecule has 0 fully saturated rings. The Morgan fingerprint density at radius 1 is 1.33 bits per heavy atom. The lowest BCUT2D eigenvalue weighted by atomic mass is 10.1. The van der Waals surface area contributed by atoms with E-state index in [4.69, 9.17) is 10.8 Å². The molecule has 0 spiro atoms. The first-order valence-electron chi connectivity index (χ1n) is 6.76. The number of nitrogens with two attached hydrogens (primary N) is 1. The van der Waals surface area contributed by atoms with E-state index in [1.54, 1.807) is 0 Å². The van der Waals surface area contributed by atoms with Crippen LogP contribution in [0.5, 0.6) is 0 Å². The summed E-state index contributed by atoms with van der Waals surface area (Å²) >= 11 is 1.53. The summed E-state index contributed by atoms with van der Waals surface area (Å²) in [5.74, 6) is 0. The average Bonchev–Trinajstić information content (AvgIpc) is 2.82. The zero-order valence-corrected chi connectivity index (χ0v) is 13.3. The number of nitrogen functional groups attached to an aromatic ring is 1. The maximum atomic E-state index is 9.15. The molecule has 0 radical (unpaired) electrons. The monoisotopic (exact) mass is 309 g/mol. The maximum Gasteiger partial charge on any atom is 0.185 e. The fraction of sp³-hybridized carbons (Fsp3) is 0.438. The lowest BCUT2D eigenvalue weighted by molar-refractivity contribution is 0.272. The van der Waals surface area contributed by atoms with Crippen LogP contribution in [0.1, 0.15) is 45.5 Å². The van der Waals surface area contributed by atoms with Gasteiger partial charge in [-0.25, -0.2) is 0 Å². The van der Waals surface area contributed by atoms with Gasteiger partial charge in [0.05, 0.1) is 18.3 Å². The highest BCUT2D eigenvalue weighted by molar-refractivity contribution is 7.07. The molecule has 4 nitrogen and oxygen atoms in total. The van der Waals surface area contributed by atoms with Gasteiger partial charge >= 0.3 is 0 Å². The number of para-hydroxylation sites is 1. The van der Waals surface area contributed by atoms with Crippen LogP contribution in [0.15, 0.2) is 34.6 Å². The number of nitrogens with zero attached hydrogens (tertiary/aromatic N) is 2. The molecule has 5 heteroatoms. The van der Waals surface area contributed by atoms with Crippen molar-refractivity contribution in [1.29, 1.82) is 0 Å². The average molecular weight is 309 g/mol. The minimum Gasteiger partial charge on any atom is -0.398 e. The van der Waals surface area contributed by atoms with Gasteiger partial charge in [-0.3, -0.25) is 4.99 Å². The second kappa shape index (κ2) is 9.37. The Hall–Kier alpha value is -1.59. The van der Waals surface area contributed by atoms with Crippen molar-refractivity contribution in [3.05, 3.63) is 45.7 Å². The number of hydrogen-bond donors (Lipinski definition) is 2. The molecule has 2 rings (SSSR count). The van der Waals surface area contributed by atoms with Crippen molar-refractivity contribution in [3.8, 4) is 0 Å². The SMILES string of the molecule is C.CC.CC(N=c1scc(CO)n1C)c1ccccc1N. The van der Waals surface area contributed by atoms with Crippen molar-refractivity contribution >= 4 is 17.0 Å². The van der Waals surface area contributed by atoms with E-state index >= 15 is 0 Å². The molecule has 0 aliphatic heterocycles. The van der Waals surface area contributed by atoms with Gasteiger partial charge in [0.1, 0.15) is 0 Å². The summed E-state index contributed by atoms with van der Waals surface area (Å²) in [4.78, 5) is 5.53. The molecule has 3 N–H and O–H groups in total. The molecule has 21 heavy (non-hydrogen) atoms. The molecular weight excluding hydrogens is 282 g/mol. The number of hydrogen-bond acceptors (Lipinski definition) is 4. The van der Waals surface area contributed by atoms with E-state index in [0.717, 1.165) is 21.7 Å². The number of rotatable bonds is 3. The summed E-state index contributed by atoms with van der Waals surface area (Å²) in [7, 11) is 1.90. The molecule has 0 aliphatic carbocycles. The standard InChI is InChI=1S/C13H17N3OS.C2H6.CH4/c1-9(11-5-3-4-6-12(11)14)15-13-16(2)10(7-17)8-18-13;1-2;/h3-6,8-9,17H,7,14H2,1-2H3;1-2H3;1H4. The third-order valence-corrected chi connectivity index (χ3v) is 3.91. The van der Waals surface area contributed by atoms with Crippen LogP contribution >= 0.6 is 11.3 Å². The molecule has 0 aliphatic rings. The molecule has 1 heterocycles. The Morgan fingerprint density at radius 3 is 2.48 bits per heavy atom. The van der Waals surface area contributed by atoms with E-state index in [-0.39, 0.29) is 20.1 Å². The van der Waals surface area contributed by atoms with Crippen molar-refractivity contribution in [3.63, 3.8) is 0 Å². The van der Waals surface area contributed by atoms with Gasteiger partial charge in [0.15, 0.2) is 4.80 Å². The third kappa shape index (κ3) is 4.72. The van der Waals surface area contributed by atoms with Crippen LogP contribution in [-0.2, 0) is 13.7 Å². The Balaban J connectivity index is 0.00000128. The van der Waals surface area contributed by atoms with E-state index in [1.165, 1.54) is 11.3 Å². The topological polar surface area (TPSA) is 63.5 Å². The van der Waals surface area contributed by atoms with Crippen molar-refractivity contribution in [1.82, 2.24) is 4.57 Å². The highest BCUT2D eigenvalue weighted by atomic mass is 32.1. The van der Waals surface area contributed by atoms with Crippen LogP contribution < -0.4 is 10.5 Å². The first-order chi connectivity index (χ1) is 9.63. The number of aliphatic hydroxyl groups excluding tert-OH is 1. The third-order valence-electron chi connectivity index (χ3n) is 2.93. The highest BCUT2D eigenvalue weighted by Gasteiger charge is 2.07. The molecule has 2 aromatic rings. The van der Waals surface area contributed by atoms with Gasteiger partial charge in [-0.2, -0.15) is 0 Å². The zero-order valence-electron chi connectivity index (χ0n) is 12.5. The van der Waals surface area contributed by atoms with Gasteiger partial charge in [-0.1, -0.05) is 39.5 Å². The Morgan fingerprint density at radius 2 is 1.95 bits per heavy atom. The minimum atomic E-state index is 0. The first kappa shape index (κ1) is 19.4. The number of thiazole rings is 1. The van der Waals surface area contributed by atoms with Crippen LogP contribution in [0.3, 0.4) is 0 Å². The van der Waals surface area contributed by atoms with Gasteiger partial charge in [-0.05, 0) is 18.6 Å². The van der Waals surface area contributed by atoms with Gasteiger partial charge in [0.2, 0.25) is 0 Å². The maximum absolute atomic E-state index is 9.15. The van der Waals surface area contributed by atoms with E-state index in [0.29, 0.717) is 0 Å². The molecule has 1 aromatic carbocycles. The summed E-state index contributed by atoms with van der Waals surface area (Å²) in [6, 6.07) is 7.76. The van der Waals surface area contributed by atoms with Crippen LogP contribution in [0, 0.1) is 0 Å². The number of benzene rings is 1. The molecule has 1 unspecified atom stereocenters. The number of anilines is 1. The molecule has 1 aromatic heterocycles. The van der Waals surface area contributed by atoms with Crippen molar-refractivity contribution in [2.45, 2.75) is 40.8 Å². The summed E-state index contributed by atoms with van der Waals surface area (Å²) in [5, 5.41) is 11.1. The largest absolute Gasteiger partial charge is 0.398 e. The smallest absolute Gasteiger partial charge is 0.185 e. The van der Waals surface area contributed by atoms with E-state index in [1.807, 2.05) is 62.0 Å². The van der Waals surface area contributed by atoms with Gasteiger partial charge in [-0.15, -0.1) is 11.3 Å². The Kier molecular flexibility index (Phi) is 8.66. The Bertz CT molecular complexity index is 602. The second-order valence-electron chi connectivity index (χ2n) is 4.16.